The Kier molecular flexibility index (Phi) is 4.05. The number of carbonyl (C=O) groups is 1. The summed E-state index contributed by atoms with van der Waals surface area (Å²) < 4.78 is 1.89. The summed E-state index contributed by atoms with van der Waals surface area (Å²) in [6.45, 7) is 2.00. The van der Waals surface area contributed by atoms with Crippen molar-refractivity contribution in [2.75, 3.05) is 5.32 Å². The minimum absolute atomic E-state index is 0.155. The zero-order valence-corrected chi connectivity index (χ0v) is 13.3. The number of rotatable bonds is 3. The normalized spacial score (nSPS) is 10.9. The quantitative estimate of drug-likeness (QED) is 0.783. The van der Waals surface area contributed by atoms with Crippen LogP contribution in [0.3, 0.4) is 0 Å². The smallest absolute Gasteiger partial charge is 0.230 e. The number of amides is 1. The number of para-hydroxylation sites is 1. The van der Waals surface area contributed by atoms with E-state index in [-0.39, 0.29) is 12.3 Å². The number of halogens is 2. The van der Waals surface area contributed by atoms with Gasteiger partial charge in [0.2, 0.25) is 5.91 Å². The van der Waals surface area contributed by atoms with Crippen molar-refractivity contribution in [1.29, 1.82) is 0 Å². The van der Waals surface area contributed by atoms with E-state index in [1.54, 1.807) is 18.2 Å². The lowest BCUT2D eigenvalue weighted by atomic mass is 10.2. The van der Waals surface area contributed by atoms with Crippen LogP contribution in [0.4, 0.5) is 5.69 Å². The molecule has 0 fully saturated rings. The molecule has 4 nitrogen and oxygen atoms in total. The van der Waals surface area contributed by atoms with Crippen molar-refractivity contribution in [2.24, 2.45) is 0 Å². The summed E-state index contributed by atoms with van der Waals surface area (Å²) >= 11 is 12.1. The van der Waals surface area contributed by atoms with E-state index in [0.717, 1.165) is 11.2 Å². The van der Waals surface area contributed by atoms with Crippen LogP contribution in [0, 0.1) is 6.92 Å². The molecule has 2 aromatic heterocycles. The number of carbonyl (C=O) groups excluding carboxylic acids is 1. The van der Waals surface area contributed by atoms with Gasteiger partial charge in [-0.25, -0.2) is 4.98 Å². The van der Waals surface area contributed by atoms with Crippen LogP contribution in [0.15, 0.2) is 42.7 Å². The molecule has 0 radical (unpaired) electrons. The number of nitrogens with zero attached hydrogens (tertiary/aromatic N) is 2. The van der Waals surface area contributed by atoms with Crippen LogP contribution < -0.4 is 5.32 Å². The van der Waals surface area contributed by atoms with Crippen LogP contribution in [0.25, 0.3) is 5.65 Å². The highest BCUT2D eigenvalue weighted by Crippen LogP contribution is 2.29. The molecule has 6 heteroatoms. The molecular formula is C16H13Cl2N3O. The summed E-state index contributed by atoms with van der Waals surface area (Å²) in [4.78, 5) is 16.6. The first-order chi connectivity index (χ1) is 10.5. The van der Waals surface area contributed by atoms with Gasteiger partial charge in [-0.1, -0.05) is 29.3 Å². The minimum atomic E-state index is -0.213. The second kappa shape index (κ2) is 5.99. The Balaban J connectivity index is 1.78. The highest BCUT2D eigenvalue weighted by molar-refractivity contribution is 6.39. The number of aryl methyl sites for hydroxylation is 1. The zero-order valence-electron chi connectivity index (χ0n) is 11.8. The first kappa shape index (κ1) is 14.9. The average molecular weight is 334 g/mol. The van der Waals surface area contributed by atoms with Gasteiger partial charge in [-0.2, -0.15) is 0 Å². The number of hydrogen-bond donors (Lipinski definition) is 1. The van der Waals surface area contributed by atoms with Crippen molar-refractivity contribution in [3.05, 3.63) is 64.0 Å². The summed E-state index contributed by atoms with van der Waals surface area (Å²) in [5, 5.41) is 3.55. The molecule has 0 unspecified atom stereocenters. The van der Waals surface area contributed by atoms with Crippen molar-refractivity contribution in [2.45, 2.75) is 13.3 Å². The fourth-order valence-electron chi connectivity index (χ4n) is 2.19. The highest BCUT2D eigenvalue weighted by Gasteiger charge is 2.12. The van der Waals surface area contributed by atoms with E-state index in [0.29, 0.717) is 21.4 Å². The predicted molar refractivity (Wildman–Crippen MR) is 88.7 cm³/mol. The monoisotopic (exact) mass is 333 g/mol. The maximum atomic E-state index is 12.2. The number of anilines is 1. The Bertz CT molecular complexity index is 837. The first-order valence-corrected chi connectivity index (χ1v) is 7.46. The van der Waals surface area contributed by atoms with Crippen LogP contribution in [-0.2, 0) is 11.2 Å². The second-order valence-corrected chi connectivity index (χ2v) is 5.84. The molecule has 1 N–H and O–H groups in total. The van der Waals surface area contributed by atoms with Crippen LogP contribution in [0.1, 0.15) is 11.3 Å². The standard InChI is InChI=1S/C16H13Cl2N3O/c1-10-5-6-21-9-11(19-14(21)7-10)8-15(22)20-16-12(17)3-2-4-13(16)18/h2-7,9H,8H2,1H3,(H,20,22). The van der Waals surface area contributed by atoms with E-state index in [2.05, 4.69) is 10.3 Å². The van der Waals surface area contributed by atoms with Crippen molar-refractivity contribution in [1.82, 2.24) is 9.38 Å². The third-order valence-corrected chi connectivity index (χ3v) is 3.86. The number of benzene rings is 1. The van der Waals surface area contributed by atoms with Gasteiger partial charge in [0.25, 0.3) is 0 Å². The van der Waals surface area contributed by atoms with Crippen LogP contribution in [0.2, 0.25) is 10.0 Å². The van der Waals surface area contributed by atoms with E-state index in [1.807, 2.05) is 35.9 Å². The summed E-state index contributed by atoms with van der Waals surface area (Å²) in [5.74, 6) is -0.213. The average Bonchev–Trinajstić information content (AvgIpc) is 2.84. The van der Waals surface area contributed by atoms with Gasteiger partial charge in [0.05, 0.1) is 27.8 Å². The molecule has 1 aromatic carbocycles. The van der Waals surface area contributed by atoms with E-state index < -0.39 is 0 Å². The topological polar surface area (TPSA) is 46.4 Å². The molecule has 0 spiro atoms. The number of imidazole rings is 1. The Labute approximate surface area is 137 Å². The lowest BCUT2D eigenvalue weighted by Gasteiger charge is -2.08. The molecule has 22 heavy (non-hydrogen) atoms. The number of nitrogens with one attached hydrogen (secondary N) is 1. The number of pyridine rings is 1. The molecule has 0 saturated carbocycles. The van der Waals surface area contributed by atoms with Crippen LogP contribution in [-0.4, -0.2) is 15.3 Å². The molecule has 0 bridgehead atoms. The largest absolute Gasteiger partial charge is 0.323 e. The number of fused-ring (bicyclic) bond motifs is 1. The van der Waals surface area contributed by atoms with Crippen molar-refractivity contribution in [3.63, 3.8) is 0 Å². The fourth-order valence-corrected chi connectivity index (χ4v) is 2.68. The van der Waals surface area contributed by atoms with Crippen molar-refractivity contribution in [3.8, 4) is 0 Å². The second-order valence-electron chi connectivity index (χ2n) is 5.02. The Hall–Kier alpha value is -2.04. The van der Waals surface area contributed by atoms with Gasteiger partial charge >= 0.3 is 0 Å². The third-order valence-electron chi connectivity index (χ3n) is 3.23. The molecule has 3 rings (SSSR count). The predicted octanol–water partition coefficient (Wildman–Crippen LogP) is 4.13. The maximum absolute atomic E-state index is 12.2. The Morgan fingerprint density at radius 1 is 1.27 bits per heavy atom. The SMILES string of the molecule is Cc1ccn2cc(CC(=O)Nc3c(Cl)cccc3Cl)nc2c1. The van der Waals surface area contributed by atoms with Gasteiger partial charge in [-0.3, -0.25) is 4.79 Å². The molecule has 1 amide bonds. The number of hydrogen-bond acceptors (Lipinski definition) is 2. The van der Waals surface area contributed by atoms with Gasteiger partial charge in [0, 0.05) is 12.4 Å². The lowest BCUT2D eigenvalue weighted by Crippen LogP contribution is -2.15. The summed E-state index contributed by atoms with van der Waals surface area (Å²) in [7, 11) is 0. The summed E-state index contributed by atoms with van der Waals surface area (Å²) in [6, 6.07) is 9.03. The Morgan fingerprint density at radius 3 is 2.73 bits per heavy atom. The van der Waals surface area contributed by atoms with Gasteiger partial charge < -0.3 is 9.72 Å². The molecule has 0 atom stereocenters. The maximum Gasteiger partial charge on any atom is 0.230 e. The highest BCUT2D eigenvalue weighted by atomic mass is 35.5. The molecular weight excluding hydrogens is 321 g/mol. The van der Waals surface area contributed by atoms with E-state index in [4.69, 9.17) is 23.2 Å². The van der Waals surface area contributed by atoms with Gasteiger partial charge in [0.15, 0.2) is 0 Å². The molecule has 2 heterocycles. The van der Waals surface area contributed by atoms with E-state index in [9.17, 15) is 4.79 Å². The molecule has 0 aliphatic heterocycles. The third kappa shape index (κ3) is 3.08. The fraction of sp³-hybridized carbons (Fsp3) is 0.125. The van der Waals surface area contributed by atoms with Gasteiger partial charge in [0.1, 0.15) is 5.65 Å². The van der Waals surface area contributed by atoms with Gasteiger partial charge in [-0.15, -0.1) is 0 Å². The van der Waals surface area contributed by atoms with Crippen molar-refractivity contribution < 1.29 is 4.79 Å². The summed E-state index contributed by atoms with van der Waals surface area (Å²) in [5.41, 5.74) is 3.05. The minimum Gasteiger partial charge on any atom is -0.323 e. The molecule has 112 valence electrons. The molecule has 0 aliphatic carbocycles. The van der Waals surface area contributed by atoms with E-state index >= 15 is 0 Å². The van der Waals surface area contributed by atoms with Crippen molar-refractivity contribution >= 4 is 40.4 Å². The molecule has 3 aromatic rings. The Morgan fingerprint density at radius 2 is 2.00 bits per heavy atom. The molecule has 0 saturated heterocycles. The van der Waals surface area contributed by atoms with E-state index in [1.165, 1.54) is 0 Å². The van der Waals surface area contributed by atoms with Gasteiger partial charge in [-0.05, 0) is 36.8 Å². The van der Waals surface area contributed by atoms with Crippen LogP contribution in [0.5, 0.6) is 0 Å². The molecule has 0 aliphatic rings. The zero-order chi connectivity index (χ0) is 15.7. The summed E-state index contributed by atoms with van der Waals surface area (Å²) in [6.07, 6.45) is 3.91. The lowest BCUT2D eigenvalue weighted by molar-refractivity contribution is -0.115. The first-order valence-electron chi connectivity index (χ1n) is 6.71. The number of aromatic nitrogens is 2. The van der Waals surface area contributed by atoms with Crippen LogP contribution >= 0.6 is 23.2 Å².